The van der Waals surface area contributed by atoms with Crippen LogP contribution < -0.4 is 0 Å². The minimum absolute atomic E-state index is 0.480. The highest BCUT2D eigenvalue weighted by atomic mass is 31.1. The van der Waals surface area contributed by atoms with E-state index < -0.39 is 0 Å². The molecule has 1 aliphatic carbocycles. The highest BCUT2D eigenvalue weighted by molar-refractivity contribution is 7.33. The minimum atomic E-state index is 0.480. The van der Waals surface area contributed by atoms with Crippen LogP contribution in [0.2, 0.25) is 0 Å². The van der Waals surface area contributed by atoms with Gasteiger partial charge in [0.15, 0.2) is 0 Å². The maximum absolute atomic E-state index is 5.70. The van der Waals surface area contributed by atoms with Crippen molar-refractivity contribution in [2.75, 3.05) is 0 Å². The first kappa shape index (κ1) is 9.48. The Hall–Kier alpha value is 0.390. The Morgan fingerprint density at radius 2 is 2.09 bits per heavy atom. The largest absolute Gasteiger partial charge is 0.359 e. The molecule has 1 aliphatic rings. The highest BCUT2D eigenvalue weighted by Gasteiger charge is 2.15. The van der Waals surface area contributed by atoms with Crippen LogP contribution in [0.15, 0.2) is 0 Å². The third-order valence-corrected chi connectivity index (χ3v) is 3.82. The van der Waals surface area contributed by atoms with Crippen molar-refractivity contribution in [3.63, 3.8) is 0 Å². The van der Waals surface area contributed by atoms with Gasteiger partial charge in [-0.3, -0.25) is 0 Å². The maximum Gasteiger partial charge on any atom is 0.0583 e. The molecule has 0 spiro atoms. The molecule has 0 bridgehead atoms. The quantitative estimate of drug-likeness (QED) is 0.594. The number of hydrogen-bond donors (Lipinski definition) is 0. The van der Waals surface area contributed by atoms with Gasteiger partial charge in [0.25, 0.3) is 0 Å². The molecule has 11 heavy (non-hydrogen) atoms. The fourth-order valence-electron chi connectivity index (χ4n) is 1.34. The van der Waals surface area contributed by atoms with Gasteiger partial charge < -0.3 is 4.52 Å². The summed E-state index contributed by atoms with van der Waals surface area (Å²) in [6.07, 6.45) is 7.32. The van der Waals surface area contributed by atoms with Crippen LogP contribution in [0.4, 0.5) is 0 Å². The minimum Gasteiger partial charge on any atom is -0.359 e. The lowest BCUT2D eigenvalue weighted by atomic mass is 10.3. The average Bonchev–Trinajstić information content (AvgIpc) is 2.52. The van der Waals surface area contributed by atoms with Gasteiger partial charge in [-0.25, -0.2) is 0 Å². The molecule has 66 valence electrons. The van der Waals surface area contributed by atoms with E-state index in [9.17, 15) is 0 Å². The Morgan fingerprint density at radius 3 is 2.64 bits per heavy atom. The van der Waals surface area contributed by atoms with Crippen molar-refractivity contribution in [3.05, 3.63) is 0 Å². The SMILES string of the molecule is CCC(C)OPC1CCCC1. The lowest BCUT2D eigenvalue weighted by molar-refractivity contribution is 0.248. The van der Waals surface area contributed by atoms with E-state index in [1.807, 2.05) is 0 Å². The summed E-state index contributed by atoms with van der Waals surface area (Å²) in [5, 5.41) is 0. The molecule has 1 fully saturated rings. The van der Waals surface area contributed by atoms with Crippen LogP contribution in [0.5, 0.6) is 0 Å². The van der Waals surface area contributed by atoms with E-state index in [0.29, 0.717) is 6.10 Å². The summed E-state index contributed by atoms with van der Waals surface area (Å²) in [5.74, 6) is 0. The zero-order valence-electron chi connectivity index (χ0n) is 7.60. The monoisotopic (exact) mass is 174 g/mol. The predicted octanol–water partition coefficient (Wildman–Crippen LogP) is 3.34. The van der Waals surface area contributed by atoms with E-state index in [1.54, 1.807) is 0 Å². The zero-order chi connectivity index (χ0) is 8.10. The molecule has 0 aliphatic heterocycles. The maximum atomic E-state index is 5.70. The summed E-state index contributed by atoms with van der Waals surface area (Å²) in [7, 11) is 0.773. The van der Waals surface area contributed by atoms with Gasteiger partial charge in [0.2, 0.25) is 0 Å². The normalized spacial score (nSPS) is 23.5. The van der Waals surface area contributed by atoms with Crippen LogP contribution in [0.3, 0.4) is 0 Å². The predicted molar refractivity (Wildman–Crippen MR) is 51.4 cm³/mol. The van der Waals surface area contributed by atoms with Gasteiger partial charge in [-0.2, -0.15) is 0 Å². The summed E-state index contributed by atoms with van der Waals surface area (Å²) in [5.41, 5.74) is 0.906. The molecular formula is C9H19OP. The Morgan fingerprint density at radius 1 is 1.45 bits per heavy atom. The van der Waals surface area contributed by atoms with Gasteiger partial charge in [-0.15, -0.1) is 0 Å². The molecule has 1 rings (SSSR count). The van der Waals surface area contributed by atoms with Gasteiger partial charge in [0, 0.05) is 14.5 Å². The Bertz CT molecular complexity index is 99.7. The Labute approximate surface area is 71.8 Å². The second-order valence-corrected chi connectivity index (χ2v) is 4.72. The van der Waals surface area contributed by atoms with Crippen LogP contribution in [-0.4, -0.2) is 11.8 Å². The van der Waals surface area contributed by atoms with Crippen molar-refractivity contribution in [2.45, 2.75) is 57.7 Å². The summed E-state index contributed by atoms with van der Waals surface area (Å²) in [6.45, 7) is 4.35. The molecule has 1 saturated carbocycles. The summed E-state index contributed by atoms with van der Waals surface area (Å²) in [6, 6.07) is 0. The van der Waals surface area contributed by atoms with Crippen molar-refractivity contribution in [1.29, 1.82) is 0 Å². The van der Waals surface area contributed by atoms with Gasteiger partial charge in [-0.05, 0) is 26.2 Å². The molecule has 2 atom stereocenters. The van der Waals surface area contributed by atoms with E-state index in [-0.39, 0.29) is 0 Å². The van der Waals surface area contributed by atoms with Gasteiger partial charge in [0.1, 0.15) is 0 Å². The van der Waals surface area contributed by atoms with Crippen LogP contribution in [0.1, 0.15) is 46.0 Å². The van der Waals surface area contributed by atoms with E-state index in [4.69, 9.17) is 4.52 Å². The fourth-order valence-corrected chi connectivity index (χ4v) is 2.57. The van der Waals surface area contributed by atoms with Gasteiger partial charge in [-0.1, -0.05) is 19.8 Å². The van der Waals surface area contributed by atoms with Crippen molar-refractivity contribution < 1.29 is 4.52 Å². The number of rotatable bonds is 4. The van der Waals surface area contributed by atoms with Gasteiger partial charge >= 0.3 is 0 Å². The highest BCUT2D eigenvalue weighted by Crippen LogP contribution is 2.35. The molecule has 0 aromatic rings. The van der Waals surface area contributed by atoms with Crippen LogP contribution >= 0.6 is 8.81 Å². The molecular weight excluding hydrogens is 155 g/mol. The van der Waals surface area contributed by atoms with E-state index in [2.05, 4.69) is 13.8 Å². The second kappa shape index (κ2) is 5.11. The van der Waals surface area contributed by atoms with E-state index in [0.717, 1.165) is 20.9 Å². The molecule has 0 N–H and O–H groups in total. The molecule has 2 unspecified atom stereocenters. The molecule has 2 heteroatoms. The molecule has 0 heterocycles. The molecule has 0 aromatic heterocycles. The molecule has 1 nitrogen and oxygen atoms in total. The first-order valence-electron chi connectivity index (χ1n) is 4.74. The van der Waals surface area contributed by atoms with Crippen molar-refractivity contribution in [1.82, 2.24) is 0 Å². The van der Waals surface area contributed by atoms with Crippen LogP contribution in [0, 0.1) is 0 Å². The second-order valence-electron chi connectivity index (χ2n) is 3.44. The molecule has 0 radical (unpaired) electrons. The van der Waals surface area contributed by atoms with Crippen LogP contribution in [0.25, 0.3) is 0 Å². The van der Waals surface area contributed by atoms with E-state index >= 15 is 0 Å². The molecule has 0 aromatic carbocycles. The van der Waals surface area contributed by atoms with Crippen molar-refractivity contribution >= 4 is 8.81 Å². The van der Waals surface area contributed by atoms with E-state index in [1.165, 1.54) is 25.7 Å². The van der Waals surface area contributed by atoms with Crippen molar-refractivity contribution in [3.8, 4) is 0 Å². The molecule has 0 saturated heterocycles. The Balaban J connectivity index is 2.01. The smallest absolute Gasteiger partial charge is 0.0583 e. The average molecular weight is 174 g/mol. The third kappa shape index (κ3) is 3.53. The molecule has 0 amide bonds. The summed E-state index contributed by atoms with van der Waals surface area (Å²) < 4.78 is 5.70. The lowest BCUT2D eigenvalue weighted by Gasteiger charge is -2.13. The third-order valence-electron chi connectivity index (χ3n) is 2.37. The summed E-state index contributed by atoms with van der Waals surface area (Å²) in [4.78, 5) is 0. The topological polar surface area (TPSA) is 9.23 Å². The van der Waals surface area contributed by atoms with Crippen LogP contribution in [-0.2, 0) is 4.52 Å². The van der Waals surface area contributed by atoms with Crippen molar-refractivity contribution in [2.24, 2.45) is 0 Å². The first-order valence-corrected chi connectivity index (χ1v) is 5.72. The first-order chi connectivity index (χ1) is 5.33. The number of hydrogen-bond acceptors (Lipinski definition) is 1. The standard InChI is InChI=1S/C9H19OP/c1-3-8(2)10-11-9-6-4-5-7-9/h8-9,11H,3-7H2,1-2H3. The Kier molecular flexibility index (Phi) is 4.40. The van der Waals surface area contributed by atoms with Gasteiger partial charge in [0.05, 0.1) is 6.10 Å². The summed E-state index contributed by atoms with van der Waals surface area (Å²) >= 11 is 0. The fraction of sp³-hybridized carbons (Fsp3) is 1.00. The zero-order valence-corrected chi connectivity index (χ0v) is 8.60. The lowest BCUT2D eigenvalue weighted by Crippen LogP contribution is -2.02.